The average molecular weight is 279 g/mol. The molecule has 100 valence electrons. The maximum absolute atomic E-state index is 13.1. The Hall–Kier alpha value is -1.88. The Bertz CT molecular complexity index is 609. The fourth-order valence-electron chi connectivity index (χ4n) is 1.89. The summed E-state index contributed by atoms with van der Waals surface area (Å²) in [7, 11) is 0. The lowest BCUT2D eigenvalue weighted by molar-refractivity contribution is 0.201. The van der Waals surface area contributed by atoms with Crippen LogP contribution in [0.1, 0.15) is 16.0 Å². The molecule has 0 saturated heterocycles. The van der Waals surface area contributed by atoms with Crippen LogP contribution in [0.25, 0.3) is 0 Å². The first-order valence-electron chi connectivity index (χ1n) is 5.78. The second kappa shape index (κ2) is 5.40. The molecule has 1 heterocycles. The molecule has 0 atom stereocenters. The molecule has 3 nitrogen and oxygen atoms in total. The number of amides is 1. The Balaban J connectivity index is 2.35. The van der Waals surface area contributed by atoms with E-state index in [9.17, 15) is 14.3 Å². The summed E-state index contributed by atoms with van der Waals surface area (Å²) in [6, 6.07) is 6.07. The van der Waals surface area contributed by atoms with E-state index in [2.05, 4.69) is 0 Å². The van der Waals surface area contributed by atoms with Crippen molar-refractivity contribution in [3.63, 3.8) is 0 Å². The van der Waals surface area contributed by atoms with Crippen LogP contribution in [-0.2, 0) is 6.54 Å². The average Bonchev–Trinajstić information content (AvgIpc) is 2.72. The third kappa shape index (κ3) is 2.93. The second-order valence-corrected chi connectivity index (χ2v) is 5.33. The molecule has 1 amide bonds. The smallest absolute Gasteiger partial charge is 0.412 e. The fraction of sp³-hybridized carbons (Fsp3) is 0.214. The molecule has 1 N–H and O–H groups in total. The van der Waals surface area contributed by atoms with E-state index in [1.54, 1.807) is 6.92 Å². The quantitative estimate of drug-likeness (QED) is 0.915. The van der Waals surface area contributed by atoms with E-state index >= 15 is 0 Å². The number of nitrogens with zero attached hydrogens (tertiary/aromatic N) is 1. The highest BCUT2D eigenvalue weighted by atomic mass is 32.1. The van der Waals surface area contributed by atoms with Crippen LogP contribution in [0.2, 0.25) is 0 Å². The van der Waals surface area contributed by atoms with Crippen LogP contribution in [0.4, 0.5) is 14.9 Å². The van der Waals surface area contributed by atoms with E-state index in [0.717, 1.165) is 10.4 Å². The summed E-state index contributed by atoms with van der Waals surface area (Å²) in [5.74, 6) is -0.362. The highest BCUT2D eigenvalue weighted by Crippen LogP contribution is 2.25. The fourth-order valence-corrected chi connectivity index (χ4v) is 2.78. The van der Waals surface area contributed by atoms with Crippen molar-refractivity contribution in [3.05, 3.63) is 51.5 Å². The van der Waals surface area contributed by atoms with Gasteiger partial charge in [-0.1, -0.05) is 0 Å². The summed E-state index contributed by atoms with van der Waals surface area (Å²) in [5, 5.41) is 11.3. The Morgan fingerprint density at radius 3 is 2.58 bits per heavy atom. The summed E-state index contributed by atoms with van der Waals surface area (Å²) in [6.07, 6.45) is -1.04. The third-order valence-corrected chi connectivity index (χ3v) is 3.96. The highest BCUT2D eigenvalue weighted by molar-refractivity contribution is 7.10. The van der Waals surface area contributed by atoms with Gasteiger partial charge < -0.3 is 5.11 Å². The molecule has 0 unspecified atom stereocenters. The van der Waals surface area contributed by atoms with Gasteiger partial charge in [0.2, 0.25) is 0 Å². The van der Waals surface area contributed by atoms with Gasteiger partial charge in [-0.05, 0) is 54.6 Å². The van der Waals surface area contributed by atoms with Crippen molar-refractivity contribution in [2.45, 2.75) is 20.4 Å². The predicted molar refractivity (Wildman–Crippen MR) is 74.4 cm³/mol. The zero-order valence-corrected chi connectivity index (χ0v) is 11.5. The van der Waals surface area contributed by atoms with E-state index in [4.69, 9.17) is 0 Å². The highest BCUT2D eigenvalue weighted by Gasteiger charge is 2.18. The van der Waals surface area contributed by atoms with Gasteiger partial charge in [0.1, 0.15) is 5.82 Å². The molecule has 1 aromatic heterocycles. The second-order valence-electron chi connectivity index (χ2n) is 4.33. The topological polar surface area (TPSA) is 40.5 Å². The first-order chi connectivity index (χ1) is 8.99. The van der Waals surface area contributed by atoms with Gasteiger partial charge in [-0.15, -0.1) is 11.3 Å². The van der Waals surface area contributed by atoms with Crippen LogP contribution in [0.3, 0.4) is 0 Å². The van der Waals surface area contributed by atoms with Crippen molar-refractivity contribution in [1.82, 2.24) is 0 Å². The molecule has 0 bridgehead atoms. The van der Waals surface area contributed by atoms with Gasteiger partial charge in [0.25, 0.3) is 0 Å². The summed E-state index contributed by atoms with van der Waals surface area (Å²) in [5.41, 5.74) is 2.19. The van der Waals surface area contributed by atoms with Crippen molar-refractivity contribution < 1.29 is 14.3 Å². The number of carbonyl (C=O) groups is 1. The van der Waals surface area contributed by atoms with E-state index in [1.165, 1.54) is 34.4 Å². The number of rotatable bonds is 3. The number of hydrogen-bond acceptors (Lipinski definition) is 2. The number of halogens is 1. The van der Waals surface area contributed by atoms with Crippen molar-refractivity contribution in [2.24, 2.45) is 0 Å². The third-order valence-electron chi connectivity index (χ3n) is 2.95. The maximum atomic E-state index is 13.1. The standard InChI is InChI=1S/C14H14FNO2S/c1-9-5-6-19-13(9)8-16(14(17)18)12-4-3-11(15)7-10(12)2/h3-7H,8H2,1-2H3,(H,17,18). The number of anilines is 1. The van der Waals surface area contributed by atoms with Crippen LogP contribution in [0.5, 0.6) is 0 Å². The molecule has 1 aromatic carbocycles. The van der Waals surface area contributed by atoms with Gasteiger partial charge in [-0.2, -0.15) is 0 Å². The van der Waals surface area contributed by atoms with Crippen LogP contribution in [-0.4, -0.2) is 11.2 Å². The molecule has 0 aliphatic carbocycles. The van der Waals surface area contributed by atoms with E-state index in [-0.39, 0.29) is 12.4 Å². The maximum Gasteiger partial charge on any atom is 0.412 e. The number of benzene rings is 1. The molecule has 0 saturated carbocycles. The number of thiophene rings is 1. The molecule has 0 radical (unpaired) electrons. The van der Waals surface area contributed by atoms with Crippen LogP contribution in [0.15, 0.2) is 29.6 Å². The minimum atomic E-state index is -1.04. The summed E-state index contributed by atoms with van der Waals surface area (Å²) in [4.78, 5) is 13.6. The van der Waals surface area contributed by atoms with Gasteiger partial charge in [0.15, 0.2) is 0 Å². The van der Waals surface area contributed by atoms with Crippen LogP contribution in [0, 0.1) is 19.7 Å². The minimum absolute atomic E-state index is 0.283. The van der Waals surface area contributed by atoms with E-state index in [0.29, 0.717) is 11.3 Å². The normalized spacial score (nSPS) is 10.5. The molecule has 2 rings (SSSR count). The Morgan fingerprint density at radius 2 is 2.05 bits per heavy atom. The van der Waals surface area contributed by atoms with Gasteiger partial charge >= 0.3 is 6.09 Å². The Labute approximate surface area is 114 Å². The number of carboxylic acid groups (broad SMARTS) is 1. The largest absolute Gasteiger partial charge is 0.465 e. The lowest BCUT2D eigenvalue weighted by Gasteiger charge is -2.21. The number of hydrogen-bond donors (Lipinski definition) is 1. The van der Waals surface area contributed by atoms with Crippen molar-refractivity contribution >= 4 is 23.1 Å². The molecule has 0 fully saturated rings. The minimum Gasteiger partial charge on any atom is -0.465 e. The van der Waals surface area contributed by atoms with Gasteiger partial charge in [0.05, 0.1) is 12.2 Å². The summed E-state index contributed by atoms with van der Waals surface area (Å²) in [6.45, 7) is 3.93. The zero-order chi connectivity index (χ0) is 14.0. The van der Waals surface area contributed by atoms with Crippen molar-refractivity contribution in [2.75, 3.05) is 4.90 Å². The SMILES string of the molecule is Cc1cc(F)ccc1N(Cc1sccc1C)C(=O)O. The molecular weight excluding hydrogens is 265 g/mol. The monoisotopic (exact) mass is 279 g/mol. The molecule has 0 spiro atoms. The first-order valence-corrected chi connectivity index (χ1v) is 6.66. The lowest BCUT2D eigenvalue weighted by atomic mass is 10.1. The lowest BCUT2D eigenvalue weighted by Crippen LogP contribution is -2.29. The molecule has 2 aromatic rings. The van der Waals surface area contributed by atoms with Gasteiger partial charge in [-0.3, -0.25) is 4.90 Å². The molecular formula is C14H14FNO2S. The zero-order valence-electron chi connectivity index (χ0n) is 10.7. The Kier molecular flexibility index (Phi) is 3.85. The van der Waals surface area contributed by atoms with Crippen molar-refractivity contribution in [3.8, 4) is 0 Å². The van der Waals surface area contributed by atoms with Crippen molar-refractivity contribution in [1.29, 1.82) is 0 Å². The summed E-state index contributed by atoms with van der Waals surface area (Å²) >= 11 is 1.52. The molecule has 5 heteroatoms. The molecule has 0 aliphatic heterocycles. The van der Waals surface area contributed by atoms with Gasteiger partial charge in [0, 0.05) is 4.88 Å². The Morgan fingerprint density at radius 1 is 1.32 bits per heavy atom. The van der Waals surface area contributed by atoms with E-state index in [1.807, 2.05) is 18.4 Å². The van der Waals surface area contributed by atoms with Crippen LogP contribution >= 0.6 is 11.3 Å². The van der Waals surface area contributed by atoms with Gasteiger partial charge in [-0.25, -0.2) is 9.18 Å². The first kappa shape index (κ1) is 13.5. The van der Waals surface area contributed by atoms with E-state index < -0.39 is 6.09 Å². The summed E-state index contributed by atoms with van der Waals surface area (Å²) < 4.78 is 13.1. The molecule has 0 aliphatic rings. The van der Waals surface area contributed by atoms with Crippen LogP contribution < -0.4 is 4.90 Å². The number of aryl methyl sites for hydroxylation is 2. The molecule has 19 heavy (non-hydrogen) atoms. The predicted octanol–water partition coefficient (Wildman–Crippen LogP) is 4.19.